The number of likely N-dealkylation sites (N-methyl/N-ethyl adjacent to an activating group) is 1. The lowest BCUT2D eigenvalue weighted by molar-refractivity contribution is 0.146. The average molecular weight is 331 g/mol. The summed E-state index contributed by atoms with van der Waals surface area (Å²) in [6, 6.07) is 4.94. The molecule has 0 amide bonds. The van der Waals surface area contributed by atoms with E-state index in [2.05, 4.69) is 46.9 Å². The molecule has 2 N–H and O–H groups in total. The van der Waals surface area contributed by atoms with E-state index >= 15 is 0 Å². The molecule has 1 heterocycles. The Labute approximate surface area is 123 Å². The number of nitrogens with zero attached hydrogens (tertiary/aromatic N) is 1. The maximum Gasteiger partial charge on any atom is 0.0702 e. The Bertz CT molecular complexity index is 376. The molecule has 0 bridgehead atoms. The van der Waals surface area contributed by atoms with E-state index in [-0.39, 0.29) is 6.04 Å². The second-order valence-corrected chi connectivity index (χ2v) is 7.89. The Hall–Kier alpha value is 0.1000. The fourth-order valence-electron chi connectivity index (χ4n) is 2.66. The molecule has 2 atom stereocenters. The molecular weight excluding hydrogens is 308 g/mol. The molecule has 0 spiro atoms. The van der Waals surface area contributed by atoms with E-state index in [1.165, 1.54) is 34.5 Å². The molecule has 1 aromatic rings. The van der Waals surface area contributed by atoms with E-state index in [4.69, 9.17) is 5.73 Å². The van der Waals surface area contributed by atoms with Gasteiger partial charge in [-0.25, -0.2) is 0 Å². The van der Waals surface area contributed by atoms with Crippen LogP contribution in [0.1, 0.15) is 43.5 Å². The van der Waals surface area contributed by atoms with Crippen LogP contribution in [-0.4, -0.2) is 24.5 Å². The van der Waals surface area contributed by atoms with Crippen molar-refractivity contribution in [2.24, 2.45) is 11.7 Å². The minimum absolute atomic E-state index is 0.223. The van der Waals surface area contributed by atoms with Crippen molar-refractivity contribution >= 4 is 27.3 Å². The van der Waals surface area contributed by atoms with Crippen LogP contribution in [0.2, 0.25) is 0 Å². The number of halogens is 1. The Balaban J connectivity index is 2.08. The van der Waals surface area contributed by atoms with E-state index in [0.29, 0.717) is 6.04 Å². The van der Waals surface area contributed by atoms with Crippen molar-refractivity contribution in [1.29, 1.82) is 0 Å². The average Bonchev–Trinajstić information content (AvgIpc) is 2.70. The van der Waals surface area contributed by atoms with Crippen LogP contribution in [-0.2, 0) is 0 Å². The van der Waals surface area contributed by atoms with E-state index in [9.17, 15) is 0 Å². The largest absolute Gasteiger partial charge is 0.326 e. The van der Waals surface area contributed by atoms with Gasteiger partial charge in [0.2, 0.25) is 0 Å². The molecule has 102 valence electrons. The summed E-state index contributed by atoms with van der Waals surface area (Å²) in [4.78, 5) is 3.86. The van der Waals surface area contributed by atoms with E-state index in [1.807, 2.05) is 11.3 Å². The molecule has 0 aliphatic heterocycles. The van der Waals surface area contributed by atoms with Gasteiger partial charge in [-0.1, -0.05) is 13.3 Å². The van der Waals surface area contributed by atoms with E-state index in [0.717, 1.165) is 12.3 Å². The van der Waals surface area contributed by atoms with Crippen molar-refractivity contribution < 1.29 is 0 Å². The molecule has 0 radical (unpaired) electrons. The van der Waals surface area contributed by atoms with Crippen LogP contribution in [0.15, 0.2) is 15.9 Å². The SMILES string of the molecule is CCC(N)C(c1ccc(Br)s1)N(C)CC1CCC1. The maximum atomic E-state index is 6.34. The highest BCUT2D eigenvalue weighted by Gasteiger charge is 2.28. The van der Waals surface area contributed by atoms with Gasteiger partial charge in [-0.05, 0) is 60.3 Å². The third-order valence-corrected chi connectivity index (χ3v) is 5.70. The molecule has 1 aliphatic carbocycles. The summed E-state index contributed by atoms with van der Waals surface area (Å²) in [6.07, 6.45) is 5.22. The molecule has 0 aromatic carbocycles. The third-order valence-electron chi connectivity index (χ3n) is 4.01. The summed E-state index contributed by atoms with van der Waals surface area (Å²) < 4.78 is 1.20. The summed E-state index contributed by atoms with van der Waals surface area (Å²) in [6.45, 7) is 3.37. The lowest BCUT2D eigenvalue weighted by atomic mass is 9.84. The number of hydrogen-bond donors (Lipinski definition) is 1. The summed E-state index contributed by atoms with van der Waals surface area (Å²) in [7, 11) is 2.23. The zero-order chi connectivity index (χ0) is 13.1. The predicted molar refractivity (Wildman–Crippen MR) is 83.0 cm³/mol. The van der Waals surface area contributed by atoms with Crippen molar-refractivity contribution in [3.63, 3.8) is 0 Å². The van der Waals surface area contributed by atoms with Crippen LogP contribution >= 0.6 is 27.3 Å². The molecular formula is C14H23BrN2S. The first-order chi connectivity index (χ1) is 8.61. The molecule has 0 saturated heterocycles. The molecule has 4 heteroatoms. The molecule has 1 aromatic heterocycles. The van der Waals surface area contributed by atoms with Crippen molar-refractivity contribution in [3.05, 3.63) is 20.8 Å². The fourth-order valence-corrected chi connectivity index (χ4v) is 4.33. The molecule has 1 fully saturated rings. The fraction of sp³-hybridized carbons (Fsp3) is 0.714. The van der Waals surface area contributed by atoms with Crippen molar-refractivity contribution in [2.75, 3.05) is 13.6 Å². The van der Waals surface area contributed by atoms with Crippen LogP contribution in [0.3, 0.4) is 0 Å². The Kier molecular flexibility index (Phi) is 5.24. The second kappa shape index (κ2) is 6.51. The monoisotopic (exact) mass is 330 g/mol. The van der Waals surface area contributed by atoms with Gasteiger partial charge in [-0.2, -0.15) is 0 Å². The van der Waals surface area contributed by atoms with Crippen LogP contribution < -0.4 is 5.73 Å². The highest BCUT2D eigenvalue weighted by Crippen LogP contribution is 2.35. The highest BCUT2D eigenvalue weighted by atomic mass is 79.9. The molecule has 2 unspecified atom stereocenters. The second-order valence-electron chi connectivity index (χ2n) is 5.40. The zero-order valence-electron chi connectivity index (χ0n) is 11.2. The summed E-state index contributed by atoms with van der Waals surface area (Å²) >= 11 is 5.37. The zero-order valence-corrected chi connectivity index (χ0v) is 13.6. The van der Waals surface area contributed by atoms with Gasteiger partial charge in [0.25, 0.3) is 0 Å². The number of rotatable bonds is 6. The number of hydrogen-bond acceptors (Lipinski definition) is 3. The molecule has 2 rings (SSSR count). The van der Waals surface area contributed by atoms with Gasteiger partial charge >= 0.3 is 0 Å². The van der Waals surface area contributed by atoms with Gasteiger partial charge in [0, 0.05) is 17.5 Å². The number of thiophene rings is 1. The molecule has 18 heavy (non-hydrogen) atoms. The smallest absolute Gasteiger partial charge is 0.0702 e. The normalized spacial score (nSPS) is 19.8. The molecule has 2 nitrogen and oxygen atoms in total. The standard InChI is InChI=1S/C14H23BrN2S/c1-3-11(16)14(12-7-8-13(15)18-12)17(2)9-10-5-4-6-10/h7-8,10-11,14H,3-6,9,16H2,1-2H3. The van der Waals surface area contributed by atoms with Crippen LogP contribution in [0.4, 0.5) is 0 Å². The van der Waals surface area contributed by atoms with Gasteiger partial charge in [-0.15, -0.1) is 11.3 Å². The molecule has 1 aliphatic rings. The number of nitrogens with two attached hydrogens (primary N) is 1. The van der Waals surface area contributed by atoms with Crippen molar-refractivity contribution in [3.8, 4) is 0 Å². The Morgan fingerprint density at radius 2 is 2.22 bits per heavy atom. The van der Waals surface area contributed by atoms with E-state index in [1.54, 1.807) is 0 Å². The lowest BCUT2D eigenvalue weighted by Crippen LogP contribution is -2.41. The van der Waals surface area contributed by atoms with Crippen molar-refractivity contribution in [1.82, 2.24) is 4.90 Å². The minimum atomic E-state index is 0.223. The van der Waals surface area contributed by atoms with Crippen molar-refractivity contribution in [2.45, 2.75) is 44.7 Å². The topological polar surface area (TPSA) is 29.3 Å². The summed E-state index contributed by atoms with van der Waals surface area (Å²) in [5.74, 6) is 0.893. The molecule has 1 saturated carbocycles. The quantitative estimate of drug-likeness (QED) is 0.853. The van der Waals surface area contributed by atoms with Gasteiger partial charge < -0.3 is 5.73 Å². The minimum Gasteiger partial charge on any atom is -0.326 e. The van der Waals surface area contributed by atoms with Gasteiger partial charge in [0.15, 0.2) is 0 Å². The predicted octanol–water partition coefficient (Wildman–Crippen LogP) is 4.02. The van der Waals surface area contributed by atoms with Gasteiger partial charge in [0.05, 0.1) is 9.83 Å². The van der Waals surface area contributed by atoms with Crippen LogP contribution in [0.5, 0.6) is 0 Å². The third kappa shape index (κ3) is 3.35. The first kappa shape index (κ1) is 14.5. The first-order valence-corrected chi connectivity index (χ1v) is 8.43. The lowest BCUT2D eigenvalue weighted by Gasteiger charge is -2.36. The Morgan fingerprint density at radius 3 is 2.67 bits per heavy atom. The van der Waals surface area contributed by atoms with E-state index < -0.39 is 0 Å². The van der Waals surface area contributed by atoms with Gasteiger partial charge in [0.1, 0.15) is 0 Å². The van der Waals surface area contributed by atoms with Gasteiger partial charge in [-0.3, -0.25) is 4.90 Å². The first-order valence-electron chi connectivity index (χ1n) is 6.82. The van der Waals surface area contributed by atoms with Crippen LogP contribution in [0.25, 0.3) is 0 Å². The van der Waals surface area contributed by atoms with Crippen LogP contribution in [0, 0.1) is 5.92 Å². The summed E-state index contributed by atoms with van der Waals surface area (Å²) in [5, 5.41) is 0. The Morgan fingerprint density at radius 1 is 1.50 bits per heavy atom. The highest BCUT2D eigenvalue weighted by molar-refractivity contribution is 9.11. The maximum absolute atomic E-state index is 6.34. The summed E-state index contributed by atoms with van der Waals surface area (Å²) in [5.41, 5.74) is 6.34.